The van der Waals surface area contributed by atoms with E-state index in [1.54, 1.807) is 18.2 Å². The number of nitro groups is 1. The highest BCUT2D eigenvalue weighted by Crippen LogP contribution is 2.36. The first kappa shape index (κ1) is 26.4. The van der Waals surface area contributed by atoms with Crippen LogP contribution in [-0.4, -0.2) is 20.8 Å². The van der Waals surface area contributed by atoms with E-state index in [1.807, 2.05) is 19.9 Å². The zero-order valence-corrected chi connectivity index (χ0v) is 22.2. The molecule has 0 saturated heterocycles. The lowest BCUT2D eigenvalue weighted by Crippen LogP contribution is -2.23. The molecule has 1 heterocycles. The van der Waals surface area contributed by atoms with Crippen LogP contribution in [0.5, 0.6) is 5.75 Å². The molecule has 0 unspecified atom stereocenters. The van der Waals surface area contributed by atoms with Gasteiger partial charge in [0.1, 0.15) is 18.2 Å². The van der Waals surface area contributed by atoms with Crippen LogP contribution in [0.25, 0.3) is 10.9 Å². The van der Waals surface area contributed by atoms with Gasteiger partial charge in [-0.25, -0.2) is 9.37 Å². The standard InChI is InChI=1S/C26H21BrClFN4O4/c1-3-15(2)25-31-22-8-7-18(27)12-20(22)26(34)32(25)30-13-17-10-21(28)24(23(11-17)33(35)36)37-14-16-5-4-6-19(29)9-16/h4-13,15H,3,14H2,1-2H3/t15-/m1/s1. The minimum Gasteiger partial charge on any atom is -0.481 e. The molecule has 3 aromatic carbocycles. The molecular weight excluding hydrogens is 567 g/mol. The third-order valence-corrected chi connectivity index (χ3v) is 6.50. The van der Waals surface area contributed by atoms with E-state index in [0.717, 1.165) is 10.9 Å². The normalized spacial score (nSPS) is 12.2. The number of halogens is 3. The molecule has 37 heavy (non-hydrogen) atoms. The van der Waals surface area contributed by atoms with Crippen LogP contribution >= 0.6 is 27.5 Å². The lowest BCUT2D eigenvalue weighted by atomic mass is 10.1. The average Bonchev–Trinajstić information content (AvgIpc) is 2.87. The fraction of sp³-hybridized carbons (Fsp3) is 0.192. The Balaban J connectivity index is 1.74. The smallest absolute Gasteiger partial charge is 0.313 e. The number of rotatable bonds is 8. The molecule has 0 aliphatic carbocycles. The van der Waals surface area contributed by atoms with Gasteiger partial charge in [-0.1, -0.05) is 53.5 Å². The number of fused-ring (bicyclic) bond motifs is 1. The van der Waals surface area contributed by atoms with Crippen molar-refractivity contribution in [3.8, 4) is 5.75 Å². The molecule has 0 fully saturated rings. The summed E-state index contributed by atoms with van der Waals surface area (Å²) in [6.45, 7) is 3.80. The van der Waals surface area contributed by atoms with Gasteiger partial charge >= 0.3 is 5.69 Å². The third kappa shape index (κ3) is 5.86. The van der Waals surface area contributed by atoms with E-state index >= 15 is 0 Å². The van der Waals surface area contributed by atoms with Gasteiger partial charge in [0.05, 0.1) is 27.1 Å². The van der Waals surface area contributed by atoms with Gasteiger partial charge in [-0.05, 0) is 48.4 Å². The second-order valence-electron chi connectivity index (χ2n) is 8.33. The van der Waals surface area contributed by atoms with E-state index in [2.05, 4.69) is 26.0 Å². The van der Waals surface area contributed by atoms with Crippen molar-refractivity contribution >= 4 is 50.3 Å². The van der Waals surface area contributed by atoms with Crippen LogP contribution in [0.2, 0.25) is 5.02 Å². The highest BCUT2D eigenvalue weighted by atomic mass is 79.9. The Morgan fingerprint density at radius 1 is 1.27 bits per heavy atom. The molecule has 11 heteroatoms. The molecule has 0 saturated carbocycles. The van der Waals surface area contributed by atoms with Crippen molar-refractivity contribution in [2.75, 3.05) is 0 Å². The minimum atomic E-state index is -0.629. The van der Waals surface area contributed by atoms with Crippen LogP contribution in [0.1, 0.15) is 43.1 Å². The van der Waals surface area contributed by atoms with Crippen LogP contribution in [0, 0.1) is 15.9 Å². The quantitative estimate of drug-likeness (QED) is 0.128. The lowest BCUT2D eigenvalue weighted by molar-refractivity contribution is -0.385. The summed E-state index contributed by atoms with van der Waals surface area (Å²) in [7, 11) is 0. The fourth-order valence-corrected chi connectivity index (χ4v) is 4.28. The fourth-order valence-electron chi connectivity index (χ4n) is 3.64. The van der Waals surface area contributed by atoms with Crippen LogP contribution in [-0.2, 0) is 6.61 Å². The van der Waals surface area contributed by atoms with Gasteiger partial charge in [0, 0.05) is 22.0 Å². The number of aromatic nitrogens is 2. The van der Waals surface area contributed by atoms with E-state index in [4.69, 9.17) is 16.3 Å². The summed E-state index contributed by atoms with van der Waals surface area (Å²) in [4.78, 5) is 29.1. The molecule has 1 aromatic heterocycles. The predicted octanol–water partition coefficient (Wildman–Crippen LogP) is 6.83. The van der Waals surface area contributed by atoms with Crippen LogP contribution < -0.4 is 10.3 Å². The number of ether oxygens (including phenoxy) is 1. The Morgan fingerprint density at radius 2 is 2.05 bits per heavy atom. The number of hydrogen-bond acceptors (Lipinski definition) is 6. The molecule has 4 rings (SSSR count). The number of hydrogen-bond donors (Lipinski definition) is 0. The summed E-state index contributed by atoms with van der Waals surface area (Å²) in [5, 5.41) is 16.5. The summed E-state index contributed by atoms with van der Waals surface area (Å²) in [5.41, 5.74) is 0.567. The highest BCUT2D eigenvalue weighted by Gasteiger charge is 2.21. The maximum atomic E-state index is 13.5. The topological polar surface area (TPSA) is 99.6 Å². The van der Waals surface area contributed by atoms with Crippen molar-refractivity contribution < 1.29 is 14.1 Å². The van der Waals surface area contributed by atoms with E-state index < -0.39 is 10.7 Å². The van der Waals surface area contributed by atoms with E-state index in [-0.39, 0.29) is 40.1 Å². The Morgan fingerprint density at radius 3 is 2.76 bits per heavy atom. The van der Waals surface area contributed by atoms with Crippen molar-refractivity contribution in [2.45, 2.75) is 32.8 Å². The first-order chi connectivity index (χ1) is 17.7. The second kappa shape index (κ2) is 11.2. The molecule has 4 aromatic rings. The zero-order chi connectivity index (χ0) is 26.7. The van der Waals surface area contributed by atoms with Gasteiger partial charge in [0.15, 0.2) is 0 Å². The summed E-state index contributed by atoms with van der Waals surface area (Å²) >= 11 is 9.71. The Hall–Kier alpha value is -3.63. The van der Waals surface area contributed by atoms with E-state index in [1.165, 1.54) is 41.2 Å². The van der Waals surface area contributed by atoms with Crippen molar-refractivity contribution in [3.05, 3.63) is 107 Å². The van der Waals surface area contributed by atoms with Gasteiger partial charge in [0.2, 0.25) is 5.75 Å². The van der Waals surface area contributed by atoms with Crippen molar-refractivity contribution in [1.82, 2.24) is 9.66 Å². The zero-order valence-electron chi connectivity index (χ0n) is 19.8. The maximum absolute atomic E-state index is 13.5. The molecule has 0 aliphatic rings. The van der Waals surface area contributed by atoms with Crippen LogP contribution in [0.15, 0.2) is 69.0 Å². The largest absolute Gasteiger partial charge is 0.481 e. The van der Waals surface area contributed by atoms with Crippen molar-refractivity contribution in [1.29, 1.82) is 0 Å². The first-order valence-corrected chi connectivity index (χ1v) is 12.5. The number of benzene rings is 3. The molecule has 190 valence electrons. The Labute approximate surface area is 224 Å². The summed E-state index contributed by atoms with van der Waals surface area (Å²) in [6.07, 6.45) is 2.03. The number of nitrogens with zero attached hydrogens (tertiary/aromatic N) is 4. The highest BCUT2D eigenvalue weighted by molar-refractivity contribution is 9.10. The summed E-state index contributed by atoms with van der Waals surface area (Å²) in [5.74, 6) is -0.206. The SMILES string of the molecule is CC[C@@H](C)c1nc2ccc(Br)cc2c(=O)n1N=Cc1cc(Cl)c(OCc2cccc(F)c2)c([N+](=O)[O-])c1. The van der Waals surface area contributed by atoms with Gasteiger partial charge in [-0.15, -0.1) is 0 Å². The second-order valence-corrected chi connectivity index (χ2v) is 9.65. The van der Waals surface area contributed by atoms with Gasteiger partial charge in [0.25, 0.3) is 5.56 Å². The number of nitro benzene ring substituents is 1. The Bertz CT molecular complexity index is 1590. The summed E-state index contributed by atoms with van der Waals surface area (Å²) in [6, 6.07) is 13.6. The molecule has 0 amide bonds. The minimum absolute atomic E-state index is 0.0258. The predicted molar refractivity (Wildman–Crippen MR) is 144 cm³/mol. The first-order valence-electron chi connectivity index (χ1n) is 11.3. The van der Waals surface area contributed by atoms with Crippen LogP contribution in [0.3, 0.4) is 0 Å². The average molecular weight is 588 g/mol. The van der Waals surface area contributed by atoms with E-state index in [9.17, 15) is 19.3 Å². The van der Waals surface area contributed by atoms with Gasteiger partial charge in [-0.2, -0.15) is 9.78 Å². The molecule has 0 aliphatic heterocycles. The molecule has 0 N–H and O–H groups in total. The molecule has 1 atom stereocenters. The molecule has 0 spiro atoms. The molecular formula is C26H21BrClFN4O4. The van der Waals surface area contributed by atoms with Gasteiger partial charge < -0.3 is 4.74 Å². The monoisotopic (exact) mass is 586 g/mol. The summed E-state index contributed by atoms with van der Waals surface area (Å²) < 4.78 is 21.0. The van der Waals surface area contributed by atoms with Crippen LogP contribution in [0.4, 0.5) is 10.1 Å². The Kier molecular flexibility index (Phi) is 7.99. The van der Waals surface area contributed by atoms with Gasteiger partial charge in [-0.3, -0.25) is 14.9 Å². The third-order valence-electron chi connectivity index (χ3n) is 5.72. The molecule has 8 nitrogen and oxygen atoms in total. The van der Waals surface area contributed by atoms with Crippen molar-refractivity contribution in [3.63, 3.8) is 0 Å². The van der Waals surface area contributed by atoms with E-state index in [0.29, 0.717) is 22.3 Å². The molecule has 0 bridgehead atoms. The van der Waals surface area contributed by atoms with Crippen molar-refractivity contribution in [2.24, 2.45) is 5.10 Å². The lowest BCUT2D eigenvalue weighted by Gasteiger charge is -2.14. The molecule has 0 radical (unpaired) electrons. The maximum Gasteiger partial charge on any atom is 0.313 e.